The van der Waals surface area contributed by atoms with Crippen LogP contribution in [0.1, 0.15) is 6.42 Å². The van der Waals surface area contributed by atoms with E-state index in [1.165, 1.54) is 0 Å². The summed E-state index contributed by atoms with van der Waals surface area (Å²) in [6.07, 6.45) is 4.45. The second-order valence-electron chi connectivity index (χ2n) is 3.23. The van der Waals surface area contributed by atoms with E-state index in [2.05, 4.69) is 0 Å². The van der Waals surface area contributed by atoms with Gasteiger partial charge in [-0.25, -0.2) is 0 Å². The molecule has 1 aromatic heterocycles. The summed E-state index contributed by atoms with van der Waals surface area (Å²) in [6.45, 7) is 2.88. The van der Waals surface area contributed by atoms with Crippen molar-refractivity contribution in [1.82, 2.24) is 4.57 Å². The monoisotopic (exact) mass is 211 g/mol. The van der Waals surface area contributed by atoms with Crippen LogP contribution in [0.25, 0.3) is 0 Å². The van der Waals surface area contributed by atoms with E-state index in [-0.39, 0.29) is 5.43 Å². The summed E-state index contributed by atoms with van der Waals surface area (Å²) >= 11 is 0. The summed E-state index contributed by atoms with van der Waals surface area (Å²) in [5.41, 5.74) is 0.0345. The van der Waals surface area contributed by atoms with E-state index in [0.29, 0.717) is 13.2 Å². The van der Waals surface area contributed by atoms with E-state index in [1.807, 2.05) is 4.57 Å². The van der Waals surface area contributed by atoms with E-state index in [9.17, 15) is 4.79 Å². The summed E-state index contributed by atoms with van der Waals surface area (Å²) in [4.78, 5) is 10.8. The lowest BCUT2D eigenvalue weighted by atomic mass is 10.4. The van der Waals surface area contributed by atoms with Gasteiger partial charge in [0, 0.05) is 51.4 Å². The second kappa shape index (κ2) is 7.20. The van der Waals surface area contributed by atoms with Gasteiger partial charge in [0.1, 0.15) is 0 Å². The van der Waals surface area contributed by atoms with Crippen molar-refractivity contribution in [2.75, 3.05) is 26.9 Å². The molecule has 84 valence electrons. The predicted molar refractivity (Wildman–Crippen MR) is 58.0 cm³/mol. The van der Waals surface area contributed by atoms with Gasteiger partial charge in [-0.2, -0.15) is 0 Å². The molecule has 0 aromatic carbocycles. The third kappa shape index (κ3) is 5.34. The molecule has 0 unspecified atom stereocenters. The number of aromatic nitrogens is 1. The number of hydrogen-bond donors (Lipinski definition) is 0. The lowest BCUT2D eigenvalue weighted by Gasteiger charge is -2.06. The Morgan fingerprint density at radius 2 is 1.93 bits per heavy atom. The van der Waals surface area contributed by atoms with Crippen molar-refractivity contribution in [2.24, 2.45) is 0 Å². The van der Waals surface area contributed by atoms with Crippen molar-refractivity contribution in [3.8, 4) is 0 Å². The molecule has 1 rings (SSSR count). The maximum Gasteiger partial charge on any atom is 0.181 e. The van der Waals surface area contributed by atoms with Gasteiger partial charge in [-0.1, -0.05) is 0 Å². The minimum absolute atomic E-state index is 0.0345. The van der Waals surface area contributed by atoms with Crippen LogP contribution in [-0.4, -0.2) is 31.5 Å². The first-order chi connectivity index (χ1) is 7.33. The van der Waals surface area contributed by atoms with Crippen molar-refractivity contribution >= 4 is 0 Å². The van der Waals surface area contributed by atoms with Crippen molar-refractivity contribution in [3.05, 3.63) is 34.7 Å². The number of hydrogen-bond acceptors (Lipinski definition) is 3. The van der Waals surface area contributed by atoms with Gasteiger partial charge in [-0.05, 0) is 6.42 Å². The van der Waals surface area contributed by atoms with E-state index in [0.717, 1.165) is 19.6 Å². The van der Waals surface area contributed by atoms with Gasteiger partial charge in [0.15, 0.2) is 5.43 Å². The first-order valence-electron chi connectivity index (χ1n) is 5.06. The zero-order valence-electron chi connectivity index (χ0n) is 9.02. The Labute approximate surface area is 89.4 Å². The first kappa shape index (κ1) is 11.9. The Bertz CT molecular complexity index is 301. The molecule has 1 aromatic rings. The summed E-state index contributed by atoms with van der Waals surface area (Å²) in [5, 5.41) is 0. The maximum absolute atomic E-state index is 10.8. The molecule has 0 amide bonds. The molecular formula is C11H17NO3. The average molecular weight is 211 g/mol. The molecule has 0 saturated carbocycles. The number of methoxy groups -OCH3 is 1. The fraction of sp³-hybridized carbons (Fsp3) is 0.545. The molecule has 0 aliphatic rings. The molecule has 0 aliphatic carbocycles. The van der Waals surface area contributed by atoms with Crippen LogP contribution in [0, 0.1) is 0 Å². The number of nitrogens with zero attached hydrogens (tertiary/aromatic N) is 1. The normalized spacial score (nSPS) is 10.5. The molecular weight excluding hydrogens is 194 g/mol. The SMILES string of the molecule is COCCCOCCn1ccc(=O)cc1. The number of pyridine rings is 1. The molecule has 0 fully saturated rings. The van der Waals surface area contributed by atoms with Gasteiger partial charge in [0.05, 0.1) is 6.61 Å². The van der Waals surface area contributed by atoms with E-state index in [4.69, 9.17) is 9.47 Å². The predicted octanol–water partition coefficient (Wildman–Crippen LogP) is 0.901. The van der Waals surface area contributed by atoms with Crippen LogP contribution in [-0.2, 0) is 16.0 Å². The van der Waals surface area contributed by atoms with Crippen LogP contribution in [0.5, 0.6) is 0 Å². The second-order valence-corrected chi connectivity index (χ2v) is 3.23. The number of ether oxygens (including phenoxy) is 2. The zero-order chi connectivity index (χ0) is 10.9. The topological polar surface area (TPSA) is 40.5 Å². The van der Waals surface area contributed by atoms with Crippen molar-refractivity contribution < 1.29 is 9.47 Å². The van der Waals surface area contributed by atoms with Crippen LogP contribution in [0.15, 0.2) is 29.3 Å². The van der Waals surface area contributed by atoms with Gasteiger partial charge in [-0.15, -0.1) is 0 Å². The first-order valence-corrected chi connectivity index (χ1v) is 5.06. The van der Waals surface area contributed by atoms with Gasteiger partial charge < -0.3 is 14.0 Å². The van der Waals surface area contributed by atoms with Crippen LogP contribution in [0.4, 0.5) is 0 Å². The van der Waals surface area contributed by atoms with Gasteiger partial charge in [0.25, 0.3) is 0 Å². The molecule has 0 aliphatic heterocycles. The molecule has 1 heterocycles. The molecule has 0 atom stereocenters. The number of rotatable bonds is 7. The molecule has 0 N–H and O–H groups in total. The molecule has 15 heavy (non-hydrogen) atoms. The highest BCUT2D eigenvalue weighted by atomic mass is 16.5. The highest BCUT2D eigenvalue weighted by molar-refractivity contribution is 4.93. The van der Waals surface area contributed by atoms with Gasteiger partial charge in [-0.3, -0.25) is 4.79 Å². The highest BCUT2D eigenvalue weighted by Crippen LogP contribution is 1.88. The summed E-state index contributed by atoms with van der Waals surface area (Å²) in [5.74, 6) is 0. The Balaban J connectivity index is 2.10. The summed E-state index contributed by atoms with van der Waals surface area (Å²) < 4.78 is 12.2. The zero-order valence-corrected chi connectivity index (χ0v) is 9.02. The molecule has 4 nitrogen and oxygen atoms in total. The molecule has 0 radical (unpaired) electrons. The van der Waals surface area contributed by atoms with Crippen LogP contribution in [0.3, 0.4) is 0 Å². The quantitative estimate of drug-likeness (QED) is 0.629. The Hall–Kier alpha value is -1.13. The van der Waals surface area contributed by atoms with Crippen LogP contribution < -0.4 is 5.43 Å². The summed E-state index contributed by atoms with van der Waals surface area (Å²) in [6, 6.07) is 3.09. The lowest BCUT2D eigenvalue weighted by Crippen LogP contribution is -2.09. The average Bonchev–Trinajstić information content (AvgIpc) is 2.26. The van der Waals surface area contributed by atoms with Crippen LogP contribution in [0.2, 0.25) is 0 Å². The Kier molecular flexibility index (Phi) is 5.73. The van der Waals surface area contributed by atoms with Crippen molar-refractivity contribution in [3.63, 3.8) is 0 Å². The molecule has 0 bridgehead atoms. The third-order valence-electron chi connectivity index (χ3n) is 1.99. The standard InChI is InChI=1S/C11H17NO3/c1-14-8-2-9-15-10-7-12-5-3-11(13)4-6-12/h3-6H,2,7-10H2,1H3. The van der Waals surface area contributed by atoms with Crippen molar-refractivity contribution in [1.29, 1.82) is 0 Å². The van der Waals surface area contributed by atoms with E-state index < -0.39 is 0 Å². The Morgan fingerprint density at radius 1 is 1.20 bits per heavy atom. The fourth-order valence-electron chi connectivity index (χ4n) is 1.17. The largest absolute Gasteiger partial charge is 0.385 e. The minimum Gasteiger partial charge on any atom is -0.385 e. The van der Waals surface area contributed by atoms with Crippen LogP contribution >= 0.6 is 0 Å². The molecule has 4 heteroatoms. The fourth-order valence-corrected chi connectivity index (χ4v) is 1.17. The van der Waals surface area contributed by atoms with Crippen molar-refractivity contribution in [2.45, 2.75) is 13.0 Å². The highest BCUT2D eigenvalue weighted by Gasteiger charge is 1.91. The molecule has 0 spiro atoms. The Morgan fingerprint density at radius 3 is 2.60 bits per heavy atom. The lowest BCUT2D eigenvalue weighted by molar-refractivity contribution is 0.0976. The van der Waals surface area contributed by atoms with E-state index in [1.54, 1.807) is 31.6 Å². The smallest absolute Gasteiger partial charge is 0.181 e. The summed E-state index contributed by atoms with van der Waals surface area (Å²) in [7, 11) is 1.68. The molecule has 0 saturated heterocycles. The van der Waals surface area contributed by atoms with Gasteiger partial charge in [0.2, 0.25) is 0 Å². The van der Waals surface area contributed by atoms with Gasteiger partial charge >= 0.3 is 0 Å². The minimum atomic E-state index is 0.0345. The maximum atomic E-state index is 10.8. The van der Waals surface area contributed by atoms with E-state index >= 15 is 0 Å². The third-order valence-corrected chi connectivity index (χ3v) is 1.99.